The van der Waals surface area contributed by atoms with E-state index < -0.39 is 0 Å². The highest BCUT2D eigenvalue weighted by atomic mass is 35.5. The Morgan fingerprint density at radius 3 is 2.41 bits per heavy atom. The molecule has 2 heterocycles. The molecule has 0 radical (unpaired) electrons. The monoisotopic (exact) mass is 454 g/mol. The van der Waals surface area contributed by atoms with E-state index in [1.165, 1.54) is 0 Å². The second-order valence-electron chi connectivity index (χ2n) is 7.83. The summed E-state index contributed by atoms with van der Waals surface area (Å²) in [6, 6.07) is 17.3. The van der Waals surface area contributed by atoms with E-state index in [-0.39, 0.29) is 18.5 Å². The third-order valence-corrected chi connectivity index (χ3v) is 6.14. The molecule has 32 heavy (non-hydrogen) atoms. The average Bonchev–Trinajstić information content (AvgIpc) is 3.29. The summed E-state index contributed by atoms with van der Waals surface area (Å²) in [4.78, 5) is 13.9. The fraction of sp³-hybridized carbons (Fsp3) is 0.333. The molecule has 0 saturated carbocycles. The zero-order valence-corrected chi connectivity index (χ0v) is 19.0. The standard InChI is InChI=1S/C24H27ClN4O3/c1-3-28(31)24(30)27-14-12-17(13-15-27)22-16-23(18-4-10-21(32-2)11-5-18)29(26-22)20-8-6-19(25)7-9-20/h4-11,16-17,31H,3,12-15H2,1-2H3. The Morgan fingerprint density at radius 2 is 1.81 bits per heavy atom. The van der Waals surface area contributed by atoms with Crippen molar-refractivity contribution in [3.63, 3.8) is 0 Å². The third-order valence-electron chi connectivity index (χ3n) is 5.89. The quantitative estimate of drug-likeness (QED) is 0.424. The molecular formula is C24H27ClN4O3. The van der Waals surface area contributed by atoms with Gasteiger partial charge in [0.15, 0.2) is 0 Å². The van der Waals surface area contributed by atoms with Crippen molar-refractivity contribution in [3.05, 3.63) is 65.3 Å². The molecule has 1 aromatic heterocycles. The van der Waals surface area contributed by atoms with Crippen LogP contribution in [0.3, 0.4) is 0 Å². The van der Waals surface area contributed by atoms with Crippen LogP contribution >= 0.6 is 11.6 Å². The van der Waals surface area contributed by atoms with Crippen LogP contribution in [0.25, 0.3) is 16.9 Å². The van der Waals surface area contributed by atoms with Crippen molar-refractivity contribution in [1.82, 2.24) is 19.7 Å². The molecular weight excluding hydrogens is 428 g/mol. The number of carbonyl (C=O) groups excluding carboxylic acids is 1. The van der Waals surface area contributed by atoms with Crippen molar-refractivity contribution < 1.29 is 14.7 Å². The van der Waals surface area contributed by atoms with Crippen LogP contribution in [0, 0.1) is 0 Å². The lowest BCUT2D eigenvalue weighted by Gasteiger charge is -2.32. The van der Waals surface area contributed by atoms with E-state index in [1.807, 2.05) is 53.2 Å². The molecule has 0 atom stereocenters. The van der Waals surface area contributed by atoms with E-state index >= 15 is 0 Å². The molecule has 168 valence electrons. The minimum Gasteiger partial charge on any atom is -0.497 e. The molecule has 4 rings (SSSR count). The highest BCUT2D eigenvalue weighted by Crippen LogP contribution is 2.33. The van der Waals surface area contributed by atoms with E-state index in [9.17, 15) is 10.0 Å². The SMILES string of the molecule is CCN(O)C(=O)N1CCC(c2cc(-c3ccc(OC)cc3)n(-c3ccc(Cl)cc3)n2)CC1. The second kappa shape index (κ2) is 9.63. The van der Waals surface area contributed by atoms with Crippen molar-refractivity contribution in [2.24, 2.45) is 0 Å². The average molecular weight is 455 g/mol. The number of carbonyl (C=O) groups is 1. The summed E-state index contributed by atoms with van der Waals surface area (Å²) in [5.41, 5.74) is 3.94. The Balaban J connectivity index is 1.62. The lowest BCUT2D eigenvalue weighted by Crippen LogP contribution is -2.45. The number of rotatable bonds is 5. The van der Waals surface area contributed by atoms with Crippen LogP contribution in [0.1, 0.15) is 31.4 Å². The molecule has 1 fully saturated rings. The molecule has 7 nitrogen and oxygen atoms in total. The minimum absolute atomic E-state index is 0.235. The van der Waals surface area contributed by atoms with Crippen molar-refractivity contribution >= 4 is 17.6 Å². The van der Waals surface area contributed by atoms with Gasteiger partial charge in [0.05, 0.1) is 24.2 Å². The van der Waals surface area contributed by atoms with Crippen LogP contribution in [0.2, 0.25) is 5.02 Å². The Labute approximate surface area is 192 Å². The van der Waals surface area contributed by atoms with Crippen molar-refractivity contribution in [2.45, 2.75) is 25.7 Å². The number of nitrogens with zero attached hydrogens (tertiary/aromatic N) is 4. The Morgan fingerprint density at radius 1 is 1.16 bits per heavy atom. The molecule has 0 aliphatic carbocycles. The van der Waals surface area contributed by atoms with E-state index in [0.717, 1.165) is 46.3 Å². The first kappa shape index (κ1) is 22.2. The van der Waals surface area contributed by atoms with Crippen LogP contribution < -0.4 is 4.74 Å². The van der Waals surface area contributed by atoms with Gasteiger partial charge in [-0.2, -0.15) is 5.10 Å². The van der Waals surface area contributed by atoms with E-state index in [1.54, 1.807) is 18.9 Å². The highest BCUT2D eigenvalue weighted by Gasteiger charge is 2.28. The van der Waals surface area contributed by atoms with E-state index in [4.69, 9.17) is 21.4 Å². The van der Waals surface area contributed by atoms with Gasteiger partial charge in [-0.1, -0.05) is 11.6 Å². The van der Waals surface area contributed by atoms with Crippen molar-refractivity contribution in [1.29, 1.82) is 0 Å². The molecule has 0 bridgehead atoms. The van der Waals surface area contributed by atoms with Crippen LogP contribution in [-0.4, -0.2) is 57.7 Å². The van der Waals surface area contributed by atoms with Crippen LogP contribution in [-0.2, 0) is 0 Å². The van der Waals surface area contributed by atoms with Crippen LogP contribution in [0.15, 0.2) is 54.6 Å². The van der Waals surface area contributed by atoms with E-state index in [0.29, 0.717) is 18.1 Å². The largest absolute Gasteiger partial charge is 0.497 e. The Hall–Kier alpha value is -3.03. The first-order valence-electron chi connectivity index (χ1n) is 10.8. The third kappa shape index (κ3) is 4.59. The zero-order valence-electron chi connectivity index (χ0n) is 18.2. The maximum atomic E-state index is 12.2. The molecule has 1 aliphatic heterocycles. The summed E-state index contributed by atoms with van der Waals surface area (Å²) < 4.78 is 7.24. The highest BCUT2D eigenvalue weighted by molar-refractivity contribution is 6.30. The van der Waals surface area contributed by atoms with Crippen molar-refractivity contribution in [2.75, 3.05) is 26.7 Å². The first-order chi connectivity index (χ1) is 15.5. The van der Waals surface area contributed by atoms with Crippen LogP contribution in [0.4, 0.5) is 4.79 Å². The van der Waals surface area contributed by atoms with Crippen molar-refractivity contribution in [3.8, 4) is 22.7 Å². The van der Waals surface area contributed by atoms with Crippen LogP contribution in [0.5, 0.6) is 5.75 Å². The Bertz CT molecular complexity index is 1060. The van der Waals surface area contributed by atoms with Gasteiger partial charge in [0.2, 0.25) is 0 Å². The van der Waals surface area contributed by atoms with Gasteiger partial charge in [-0.3, -0.25) is 5.21 Å². The number of halogens is 1. The first-order valence-corrected chi connectivity index (χ1v) is 11.1. The second-order valence-corrected chi connectivity index (χ2v) is 8.27. The molecule has 3 aromatic rings. The maximum absolute atomic E-state index is 12.2. The predicted octanol–water partition coefficient (Wildman–Crippen LogP) is 5.21. The van der Waals surface area contributed by atoms with Gasteiger partial charge in [0.25, 0.3) is 0 Å². The zero-order chi connectivity index (χ0) is 22.7. The molecule has 0 unspecified atom stereocenters. The normalized spacial score (nSPS) is 14.4. The lowest BCUT2D eigenvalue weighted by atomic mass is 9.93. The number of hydrogen-bond acceptors (Lipinski definition) is 4. The molecule has 8 heteroatoms. The van der Waals surface area contributed by atoms with Gasteiger partial charge in [-0.15, -0.1) is 0 Å². The number of piperidine rings is 1. The summed E-state index contributed by atoms with van der Waals surface area (Å²) in [6.07, 6.45) is 1.59. The fourth-order valence-electron chi connectivity index (χ4n) is 4.01. The number of urea groups is 1. The molecule has 1 saturated heterocycles. The number of ether oxygens (including phenoxy) is 1. The molecule has 2 amide bonds. The molecule has 1 N–H and O–H groups in total. The number of hydrogen-bond donors (Lipinski definition) is 1. The summed E-state index contributed by atoms with van der Waals surface area (Å²) in [5.74, 6) is 1.03. The number of benzene rings is 2. The van der Waals surface area contributed by atoms with E-state index in [2.05, 4.69) is 6.07 Å². The summed E-state index contributed by atoms with van der Waals surface area (Å²) >= 11 is 6.09. The number of aromatic nitrogens is 2. The smallest absolute Gasteiger partial charge is 0.343 e. The van der Waals surface area contributed by atoms with Gasteiger partial charge < -0.3 is 9.64 Å². The number of amides is 2. The lowest BCUT2D eigenvalue weighted by molar-refractivity contribution is -0.0542. The topological polar surface area (TPSA) is 70.8 Å². The van der Waals surface area contributed by atoms with Gasteiger partial charge in [-0.05, 0) is 74.4 Å². The number of likely N-dealkylation sites (tertiary alicyclic amines) is 1. The molecule has 1 aliphatic rings. The molecule has 0 spiro atoms. The predicted molar refractivity (Wildman–Crippen MR) is 124 cm³/mol. The summed E-state index contributed by atoms with van der Waals surface area (Å²) in [6.45, 7) is 3.20. The van der Waals surface area contributed by atoms with Gasteiger partial charge in [0, 0.05) is 36.1 Å². The maximum Gasteiger partial charge on any atom is 0.343 e. The van der Waals surface area contributed by atoms with Gasteiger partial charge >= 0.3 is 6.03 Å². The fourth-order valence-corrected chi connectivity index (χ4v) is 4.14. The minimum atomic E-state index is -0.337. The summed E-state index contributed by atoms with van der Waals surface area (Å²) in [5, 5.41) is 16.1. The summed E-state index contributed by atoms with van der Waals surface area (Å²) in [7, 11) is 1.65. The van der Waals surface area contributed by atoms with Gasteiger partial charge in [-0.25, -0.2) is 14.5 Å². The number of methoxy groups -OCH3 is 1. The Kier molecular flexibility index (Phi) is 6.67. The molecule has 2 aromatic carbocycles. The van der Waals surface area contributed by atoms with Gasteiger partial charge in [0.1, 0.15) is 5.75 Å². The number of hydroxylamine groups is 2.